The summed E-state index contributed by atoms with van der Waals surface area (Å²) < 4.78 is 0. The number of carbonyl (C=O) groups is 1. The second kappa shape index (κ2) is 4.71. The molecule has 0 aromatic rings. The maximum atomic E-state index is 11.7. The first-order valence-corrected chi connectivity index (χ1v) is 8.91. The van der Waals surface area contributed by atoms with Gasteiger partial charge in [0.1, 0.15) is 11.4 Å². The normalized spacial score (nSPS) is 47.5. The third-order valence-electron chi connectivity index (χ3n) is 7.59. The van der Waals surface area contributed by atoms with E-state index in [1.165, 1.54) is 12.0 Å². The number of rotatable bonds is 0. The van der Waals surface area contributed by atoms with Crippen molar-refractivity contribution < 1.29 is 9.90 Å². The molecule has 4 aliphatic rings. The van der Waals surface area contributed by atoms with Crippen molar-refractivity contribution in [1.82, 2.24) is 0 Å². The van der Waals surface area contributed by atoms with Crippen molar-refractivity contribution in [1.29, 1.82) is 0 Å². The van der Waals surface area contributed by atoms with E-state index in [1.54, 1.807) is 5.57 Å². The molecule has 0 aliphatic heterocycles. The summed E-state index contributed by atoms with van der Waals surface area (Å²) in [5.74, 6) is 5.06. The van der Waals surface area contributed by atoms with E-state index in [9.17, 15) is 9.90 Å². The molecule has 0 heterocycles. The molecule has 5 atom stereocenters. The summed E-state index contributed by atoms with van der Waals surface area (Å²) in [5.41, 5.74) is 2.08. The highest BCUT2D eigenvalue weighted by Gasteiger charge is 2.61. The van der Waals surface area contributed by atoms with Gasteiger partial charge in [0.05, 0.1) is 0 Å². The van der Waals surface area contributed by atoms with E-state index in [0.29, 0.717) is 23.5 Å². The maximum Gasteiger partial charge on any atom is 0.137 e. The summed E-state index contributed by atoms with van der Waals surface area (Å²) >= 11 is 0. The van der Waals surface area contributed by atoms with Crippen LogP contribution in [0.3, 0.4) is 0 Å². The van der Waals surface area contributed by atoms with Crippen molar-refractivity contribution in [3.63, 3.8) is 0 Å². The lowest BCUT2D eigenvalue weighted by Gasteiger charge is -2.53. The molecule has 1 N–H and O–H groups in total. The SMILES string of the molecule is C#C[C@]1(O)CC[C@@H]2[C@@H]3CCC4=C(CCC(=O)C4)[C@@H]3CC[C@@]21C. The molecule has 2 nitrogen and oxygen atoms in total. The Balaban J connectivity index is 1.67. The number of Topliss-reactive ketones (excluding diaryl/α,β-unsaturated/α-hetero) is 1. The molecule has 0 amide bonds. The van der Waals surface area contributed by atoms with Crippen LogP contribution in [-0.2, 0) is 4.79 Å². The van der Waals surface area contributed by atoms with Gasteiger partial charge in [-0.25, -0.2) is 0 Å². The molecule has 4 rings (SSSR count). The van der Waals surface area contributed by atoms with E-state index in [0.717, 1.165) is 51.4 Å². The number of aliphatic hydroxyl groups is 1. The minimum atomic E-state index is -0.903. The van der Waals surface area contributed by atoms with Crippen LogP contribution < -0.4 is 0 Å². The molecule has 2 heteroatoms. The minimum Gasteiger partial charge on any atom is -0.377 e. The van der Waals surface area contributed by atoms with E-state index in [2.05, 4.69) is 12.8 Å². The van der Waals surface area contributed by atoms with E-state index in [4.69, 9.17) is 6.42 Å². The summed E-state index contributed by atoms with van der Waals surface area (Å²) in [5, 5.41) is 10.9. The topological polar surface area (TPSA) is 37.3 Å². The zero-order valence-electron chi connectivity index (χ0n) is 13.5. The quantitative estimate of drug-likeness (QED) is 0.547. The van der Waals surface area contributed by atoms with Crippen molar-refractivity contribution in [3.05, 3.63) is 11.1 Å². The Labute approximate surface area is 133 Å². The highest BCUT2D eigenvalue weighted by Crippen LogP contribution is 2.64. The van der Waals surface area contributed by atoms with Crippen LogP contribution in [-0.4, -0.2) is 16.5 Å². The molecule has 118 valence electrons. The third-order valence-corrected chi connectivity index (χ3v) is 7.59. The maximum absolute atomic E-state index is 11.7. The van der Waals surface area contributed by atoms with Gasteiger partial charge in [0, 0.05) is 18.3 Å². The summed E-state index contributed by atoms with van der Waals surface area (Å²) in [6, 6.07) is 0. The van der Waals surface area contributed by atoms with Crippen molar-refractivity contribution in [3.8, 4) is 12.3 Å². The van der Waals surface area contributed by atoms with E-state index in [1.807, 2.05) is 0 Å². The monoisotopic (exact) mass is 298 g/mol. The van der Waals surface area contributed by atoms with Gasteiger partial charge < -0.3 is 5.11 Å². The summed E-state index contributed by atoms with van der Waals surface area (Å²) in [6.45, 7) is 2.23. The van der Waals surface area contributed by atoms with Crippen LogP contribution in [0.5, 0.6) is 0 Å². The predicted octanol–water partition coefficient (Wildman–Crippen LogP) is 3.64. The molecular weight excluding hydrogens is 272 g/mol. The van der Waals surface area contributed by atoms with Crippen molar-refractivity contribution in [2.24, 2.45) is 23.2 Å². The fourth-order valence-corrected chi connectivity index (χ4v) is 6.30. The minimum absolute atomic E-state index is 0.106. The lowest BCUT2D eigenvalue weighted by molar-refractivity contribution is -0.119. The van der Waals surface area contributed by atoms with Gasteiger partial charge in [0.15, 0.2) is 0 Å². The Morgan fingerprint density at radius 2 is 2.00 bits per heavy atom. The van der Waals surface area contributed by atoms with Gasteiger partial charge in [-0.1, -0.05) is 24.0 Å². The summed E-state index contributed by atoms with van der Waals surface area (Å²) in [7, 11) is 0. The molecule has 0 saturated heterocycles. The van der Waals surface area contributed by atoms with Crippen LogP contribution in [0.2, 0.25) is 0 Å². The average molecular weight is 298 g/mol. The van der Waals surface area contributed by atoms with Crippen LogP contribution in [0, 0.1) is 35.5 Å². The predicted molar refractivity (Wildman–Crippen MR) is 85.9 cm³/mol. The Morgan fingerprint density at radius 1 is 1.18 bits per heavy atom. The standard InChI is InChI=1S/C20H26O2/c1-3-20(22)11-9-18-17-6-4-13-12-14(21)5-7-15(13)16(17)8-10-19(18,20)2/h1,16-18,22H,4-12H2,2H3/t16-,17+,18+,19-,20-/m0/s1. The van der Waals surface area contributed by atoms with Gasteiger partial charge in [-0.15, -0.1) is 6.42 Å². The number of ketones is 1. The molecule has 0 unspecified atom stereocenters. The molecule has 0 aromatic carbocycles. The molecule has 2 fully saturated rings. The smallest absolute Gasteiger partial charge is 0.137 e. The molecule has 0 aromatic heterocycles. The number of terminal acetylenes is 1. The summed E-state index contributed by atoms with van der Waals surface area (Å²) in [6.07, 6.45) is 14.5. The zero-order valence-corrected chi connectivity index (χ0v) is 13.5. The second-order valence-electron chi connectivity index (χ2n) is 8.26. The van der Waals surface area contributed by atoms with Gasteiger partial charge >= 0.3 is 0 Å². The van der Waals surface area contributed by atoms with E-state index >= 15 is 0 Å². The third kappa shape index (κ3) is 1.75. The number of allylic oxidation sites excluding steroid dienone is 2. The fraction of sp³-hybridized carbons (Fsp3) is 0.750. The molecule has 4 aliphatic carbocycles. The summed E-state index contributed by atoms with van der Waals surface area (Å²) in [4.78, 5) is 11.7. The number of fused-ring (bicyclic) bond motifs is 4. The number of hydrogen-bond acceptors (Lipinski definition) is 2. The lowest BCUT2D eigenvalue weighted by Crippen LogP contribution is -2.50. The second-order valence-corrected chi connectivity index (χ2v) is 8.26. The molecule has 22 heavy (non-hydrogen) atoms. The lowest BCUT2D eigenvalue weighted by atomic mass is 9.52. The molecule has 0 bridgehead atoms. The van der Waals surface area contributed by atoms with Gasteiger partial charge in [-0.05, 0) is 62.7 Å². The van der Waals surface area contributed by atoms with Crippen LogP contribution in [0.25, 0.3) is 0 Å². The van der Waals surface area contributed by atoms with Gasteiger partial charge in [-0.2, -0.15) is 0 Å². The first kappa shape index (κ1) is 14.5. The van der Waals surface area contributed by atoms with Crippen LogP contribution >= 0.6 is 0 Å². The number of carbonyl (C=O) groups excluding carboxylic acids is 1. The molecular formula is C20H26O2. The van der Waals surface area contributed by atoms with Crippen molar-refractivity contribution in [2.45, 2.75) is 70.3 Å². The van der Waals surface area contributed by atoms with Crippen LogP contribution in [0.1, 0.15) is 64.7 Å². The van der Waals surface area contributed by atoms with E-state index in [-0.39, 0.29) is 5.41 Å². The first-order valence-electron chi connectivity index (χ1n) is 8.91. The van der Waals surface area contributed by atoms with Crippen molar-refractivity contribution >= 4 is 5.78 Å². The Kier molecular flexibility index (Phi) is 3.11. The Bertz CT molecular complexity index is 595. The molecule has 0 radical (unpaired) electrons. The van der Waals surface area contributed by atoms with Crippen LogP contribution in [0.15, 0.2) is 11.1 Å². The Morgan fingerprint density at radius 3 is 2.77 bits per heavy atom. The number of hydrogen-bond donors (Lipinski definition) is 1. The van der Waals surface area contributed by atoms with Crippen LogP contribution in [0.4, 0.5) is 0 Å². The van der Waals surface area contributed by atoms with Gasteiger partial charge in [0.25, 0.3) is 0 Å². The van der Waals surface area contributed by atoms with Gasteiger partial charge in [-0.3, -0.25) is 4.79 Å². The molecule has 2 saturated carbocycles. The highest BCUT2D eigenvalue weighted by molar-refractivity contribution is 5.82. The highest BCUT2D eigenvalue weighted by atomic mass is 16.3. The first-order chi connectivity index (χ1) is 10.5. The average Bonchev–Trinajstić information content (AvgIpc) is 2.79. The van der Waals surface area contributed by atoms with Gasteiger partial charge in [0.2, 0.25) is 0 Å². The Hall–Kier alpha value is -1.07. The molecule has 0 spiro atoms. The van der Waals surface area contributed by atoms with E-state index < -0.39 is 5.60 Å². The zero-order chi connectivity index (χ0) is 15.5. The fourth-order valence-electron chi connectivity index (χ4n) is 6.30. The van der Waals surface area contributed by atoms with Crippen molar-refractivity contribution in [2.75, 3.05) is 0 Å². The largest absolute Gasteiger partial charge is 0.377 e.